The number of rotatable bonds is 0. The minimum Gasteiger partial charge on any atom is -0.322 e. The molecule has 0 saturated carbocycles. The van der Waals surface area contributed by atoms with Gasteiger partial charge < -0.3 is 11.3 Å². The van der Waals surface area contributed by atoms with Crippen LogP contribution in [0.2, 0.25) is 0 Å². The molecule has 1 saturated heterocycles. The van der Waals surface area contributed by atoms with Crippen LogP contribution in [0.3, 0.4) is 0 Å². The van der Waals surface area contributed by atoms with E-state index in [0.29, 0.717) is 0 Å². The lowest BCUT2D eigenvalue weighted by Crippen LogP contribution is -2.47. The first-order valence-electron chi connectivity index (χ1n) is 2.75. The lowest BCUT2D eigenvalue weighted by Gasteiger charge is -2.20. The van der Waals surface area contributed by atoms with Gasteiger partial charge in [-0.15, -0.1) is 11.6 Å². The summed E-state index contributed by atoms with van der Waals surface area (Å²) in [6.45, 7) is 0. The first kappa shape index (κ1) is 6.64. The molecule has 9 heavy (non-hydrogen) atoms. The molecule has 1 rings (SSSR count). The molecule has 1 fully saturated rings. The van der Waals surface area contributed by atoms with Crippen LogP contribution >= 0.6 is 11.6 Å². The maximum absolute atomic E-state index is 5.67. The molecule has 1 aliphatic heterocycles. The lowest BCUT2D eigenvalue weighted by atomic mass is 10.2. The summed E-state index contributed by atoms with van der Waals surface area (Å²) in [7, 11) is 0. The van der Waals surface area contributed by atoms with E-state index in [1.165, 1.54) is 0 Å². The fourth-order valence-electron chi connectivity index (χ4n) is 0.657. The molecule has 4 nitrogen and oxygen atoms in total. The Kier molecular flexibility index (Phi) is 2.13. The van der Waals surface area contributed by atoms with Crippen molar-refractivity contribution in [2.75, 3.05) is 0 Å². The van der Waals surface area contributed by atoms with E-state index in [9.17, 15) is 0 Å². The van der Waals surface area contributed by atoms with Gasteiger partial charge in [0.1, 0.15) is 11.3 Å². The molecule has 1 unspecified atom stereocenters. The lowest BCUT2D eigenvalue weighted by molar-refractivity contribution is 0.533. The third-order valence-electron chi connectivity index (χ3n) is 1.16. The second-order valence-corrected chi connectivity index (χ2v) is 2.38. The Bertz CT molecular complexity index is 114. The van der Waals surface area contributed by atoms with Crippen molar-refractivity contribution in [2.45, 2.75) is 18.3 Å². The highest BCUT2D eigenvalue weighted by atomic mass is 35.5. The molecule has 0 aliphatic carbocycles. The van der Waals surface area contributed by atoms with Gasteiger partial charge in [-0.05, 0) is 6.42 Å². The summed E-state index contributed by atoms with van der Waals surface area (Å²) in [6.07, 6.45) is 1.68. The van der Waals surface area contributed by atoms with Gasteiger partial charge in [-0.3, -0.25) is 0 Å². The highest BCUT2D eigenvalue weighted by molar-refractivity contribution is 6.20. The van der Waals surface area contributed by atoms with Crippen LogP contribution in [0.5, 0.6) is 0 Å². The van der Waals surface area contributed by atoms with Gasteiger partial charge in [0, 0.05) is 6.42 Å². The standard InChI is InChI=1S/C4H9ClN4/c5-3-1-2-4(7-6)9-8-3/h3,8H,1-2,6H2,(H,7,9). The maximum Gasteiger partial charge on any atom is 0.136 e. The van der Waals surface area contributed by atoms with Crippen LogP contribution in [-0.4, -0.2) is 11.3 Å². The molecular formula is C4H9ClN4. The molecule has 0 aromatic heterocycles. The molecular weight excluding hydrogens is 140 g/mol. The van der Waals surface area contributed by atoms with Crippen LogP contribution in [0, 0.1) is 0 Å². The van der Waals surface area contributed by atoms with E-state index in [0.717, 1.165) is 18.7 Å². The Morgan fingerprint density at radius 3 is 3.00 bits per heavy atom. The number of hydrogen-bond acceptors (Lipinski definition) is 3. The minimum absolute atomic E-state index is 0.00417. The number of amidine groups is 1. The Morgan fingerprint density at radius 2 is 2.56 bits per heavy atom. The van der Waals surface area contributed by atoms with Crippen LogP contribution < -0.4 is 16.7 Å². The predicted octanol–water partition coefficient (Wildman–Crippen LogP) is -0.289. The van der Waals surface area contributed by atoms with E-state index in [4.69, 9.17) is 17.4 Å². The quantitative estimate of drug-likeness (QED) is 0.192. The smallest absolute Gasteiger partial charge is 0.136 e. The van der Waals surface area contributed by atoms with Crippen molar-refractivity contribution in [1.82, 2.24) is 10.9 Å². The van der Waals surface area contributed by atoms with Crippen LogP contribution in [-0.2, 0) is 0 Å². The van der Waals surface area contributed by atoms with Crippen molar-refractivity contribution in [3.05, 3.63) is 0 Å². The molecule has 0 aromatic rings. The summed E-state index contributed by atoms with van der Waals surface area (Å²) in [5.74, 6) is 5.75. The number of nitrogens with zero attached hydrogens (tertiary/aromatic N) is 1. The Balaban J connectivity index is 2.35. The molecule has 0 spiro atoms. The highest BCUT2D eigenvalue weighted by Crippen LogP contribution is 2.04. The number of alkyl halides is 1. The summed E-state index contributed by atoms with van der Waals surface area (Å²) in [5.41, 5.74) is 5.55. The van der Waals surface area contributed by atoms with E-state index < -0.39 is 0 Å². The molecule has 1 aliphatic rings. The number of hydrazone groups is 1. The third-order valence-corrected chi connectivity index (χ3v) is 1.49. The number of nitrogens with two attached hydrogens (primary N) is 1. The van der Waals surface area contributed by atoms with Crippen LogP contribution in [0.1, 0.15) is 12.8 Å². The van der Waals surface area contributed by atoms with Crippen LogP contribution in [0.4, 0.5) is 0 Å². The minimum atomic E-state index is -0.00417. The molecule has 1 heterocycles. The fraction of sp³-hybridized carbons (Fsp3) is 0.750. The zero-order valence-electron chi connectivity index (χ0n) is 4.89. The second-order valence-electron chi connectivity index (χ2n) is 1.85. The van der Waals surface area contributed by atoms with Crippen LogP contribution in [0.15, 0.2) is 5.10 Å². The van der Waals surface area contributed by atoms with E-state index in [1.807, 2.05) is 0 Å². The molecule has 52 valence electrons. The van der Waals surface area contributed by atoms with Crippen molar-refractivity contribution in [3.8, 4) is 0 Å². The first-order valence-corrected chi connectivity index (χ1v) is 3.19. The van der Waals surface area contributed by atoms with Gasteiger partial charge in [-0.1, -0.05) is 0 Å². The summed E-state index contributed by atoms with van der Waals surface area (Å²) in [4.78, 5) is 0. The zero-order valence-corrected chi connectivity index (χ0v) is 5.65. The Morgan fingerprint density at radius 1 is 1.78 bits per heavy atom. The Labute approximate surface area is 58.4 Å². The van der Waals surface area contributed by atoms with Crippen molar-refractivity contribution in [1.29, 1.82) is 0 Å². The maximum atomic E-state index is 5.67. The average Bonchev–Trinajstić information content (AvgIpc) is 1.90. The molecule has 0 aromatic carbocycles. The topological polar surface area (TPSA) is 62.4 Å². The van der Waals surface area contributed by atoms with E-state index >= 15 is 0 Å². The number of halogens is 1. The summed E-state index contributed by atoms with van der Waals surface area (Å²) >= 11 is 5.67. The molecule has 0 radical (unpaired) electrons. The van der Waals surface area contributed by atoms with Crippen molar-refractivity contribution < 1.29 is 0 Å². The van der Waals surface area contributed by atoms with Crippen molar-refractivity contribution in [3.63, 3.8) is 0 Å². The number of nitrogens with one attached hydrogen (secondary N) is 2. The monoisotopic (exact) mass is 148 g/mol. The van der Waals surface area contributed by atoms with E-state index in [1.54, 1.807) is 0 Å². The van der Waals surface area contributed by atoms with E-state index in [2.05, 4.69) is 16.0 Å². The van der Waals surface area contributed by atoms with E-state index in [-0.39, 0.29) is 5.50 Å². The molecule has 0 bridgehead atoms. The predicted molar refractivity (Wildman–Crippen MR) is 36.8 cm³/mol. The van der Waals surface area contributed by atoms with Gasteiger partial charge >= 0.3 is 0 Å². The van der Waals surface area contributed by atoms with Gasteiger partial charge in [-0.25, -0.2) is 5.43 Å². The normalized spacial score (nSPS) is 32.1. The molecule has 0 amide bonds. The van der Waals surface area contributed by atoms with Crippen molar-refractivity contribution >= 4 is 17.4 Å². The van der Waals surface area contributed by atoms with Crippen LogP contribution in [0.25, 0.3) is 0 Å². The molecule has 5 heteroatoms. The SMILES string of the molecule is NN=C1CCC(Cl)NN1. The Hall–Kier alpha value is -0.480. The summed E-state index contributed by atoms with van der Waals surface area (Å²) < 4.78 is 0. The number of hydrazine groups is 1. The number of hydrogen-bond donors (Lipinski definition) is 3. The molecule has 1 atom stereocenters. The summed E-state index contributed by atoms with van der Waals surface area (Å²) in [5, 5.41) is 3.47. The van der Waals surface area contributed by atoms with Gasteiger partial charge in [0.2, 0.25) is 0 Å². The molecule has 4 N–H and O–H groups in total. The van der Waals surface area contributed by atoms with Crippen molar-refractivity contribution in [2.24, 2.45) is 10.9 Å². The largest absolute Gasteiger partial charge is 0.322 e. The summed E-state index contributed by atoms with van der Waals surface area (Å²) in [6, 6.07) is 0. The van der Waals surface area contributed by atoms with Gasteiger partial charge in [0.15, 0.2) is 0 Å². The zero-order chi connectivity index (χ0) is 6.69. The van der Waals surface area contributed by atoms with Gasteiger partial charge in [-0.2, -0.15) is 5.10 Å². The van der Waals surface area contributed by atoms with Gasteiger partial charge in [0.25, 0.3) is 0 Å². The fourth-order valence-corrected chi connectivity index (χ4v) is 0.820. The first-order chi connectivity index (χ1) is 4.33. The second kappa shape index (κ2) is 2.89. The average molecular weight is 149 g/mol. The highest BCUT2D eigenvalue weighted by Gasteiger charge is 2.12. The van der Waals surface area contributed by atoms with Gasteiger partial charge in [0.05, 0.1) is 0 Å². The third kappa shape index (κ3) is 1.73.